The molecule has 0 bridgehead atoms. The van der Waals surface area contributed by atoms with Gasteiger partial charge in [-0.15, -0.1) is 11.6 Å². The minimum Gasteiger partial charge on any atom is -0.508 e. The van der Waals surface area contributed by atoms with E-state index in [1.165, 1.54) is 19.2 Å². The van der Waals surface area contributed by atoms with Gasteiger partial charge in [0.2, 0.25) is 0 Å². The van der Waals surface area contributed by atoms with Crippen LogP contribution >= 0.6 is 11.6 Å². The van der Waals surface area contributed by atoms with Crippen LogP contribution in [-0.4, -0.2) is 23.2 Å². The highest BCUT2D eigenvalue weighted by Crippen LogP contribution is 2.29. The van der Waals surface area contributed by atoms with Crippen molar-refractivity contribution in [2.24, 2.45) is 0 Å². The molecule has 0 fully saturated rings. The average molecular weight is 203 g/mol. The van der Waals surface area contributed by atoms with E-state index in [-0.39, 0.29) is 11.6 Å². The van der Waals surface area contributed by atoms with Crippen molar-refractivity contribution in [3.8, 4) is 11.5 Å². The molecule has 0 saturated heterocycles. The molecular weight excluding hydrogens is 192 g/mol. The lowest BCUT2D eigenvalue weighted by Gasteiger charge is -2.12. The van der Waals surface area contributed by atoms with Gasteiger partial charge in [-0.3, -0.25) is 0 Å². The third kappa shape index (κ3) is 2.26. The van der Waals surface area contributed by atoms with Crippen molar-refractivity contribution < 1.29 is 14.9 Å². The first-order chi connectivity index (χ1) is 6.19. The second-order valence-corrected chi connectivity index (χ2v) is 2.90. The van der Waals surface area contributed by atoms with Gasteiger partial charge < -0.3 is 14.9 Å². The molecule has 0 amide bonds. The molecule has 0 saturated carbocycles. The van der Waals surface area contributed by atoms with Gasteiger partial charge in [0, 0.05) is 11.6 Å². The Morgan fingerprint density at radius 3 is 2.77 bits per heavy atom. The van der Waals surface area contributed by atoms with Gasteiger partial charge in [-0.05, 0) is 12.1 Å². The number of alkyl halides is 1. The van der Waals surface area contributed by atoms with E-state index in [9.17, 15) is 5.11 Å². The predicted octanol–water partition coefficient (Wildman–Crippen LogP) is 1.67. The number of hydrogen-bond acceptors (Lipinski definition) is 3. The Hall–Kier alpha value is -0.930. The van der Waals surface area contributed by atoms with E-state index in [1.54, 1.807) is 6.07 Å². The van der Waals surface area contributed by atoms with Crippen LogP contribution in [0.2, 0.25) is 0 Å². The van der Waals surface area contributed by atoms with Gasteiger partial charge in [0.1, 0.15) is 11.5 Å². The van der Waals surface area contributed by atoms with Crippen molar-refractivity contribution in [1.29, 1.82) is 0 Å². The van der Waals surface area contributed by atoms with Crippen LogP contribution in [0.5, 0.6) is 11.5 Å². The van der Waals surface area contributed by atoms with E-state index in [0.29, 0.717) is 11.3 Å². The summed E-state index contributed by atoms with van der Waals surface area (Å²) in [6.07, 6.45) is -0.766. The summed E-state index contributed by atoms with van der Waals surface area (Å²) in [5.41, 5.74) is 0.579. The molecule has 1 rings (SSSR count). The molecule has 0 aliphatic rings. The van der Waals surface area contributed by atoms with Crippen LogP contribution in [0, 0.1) is 0 Å². The lowest BCUT2D eigenvalue weighted by Crippen LogP contribution is -2.01. The van der Waals surface area contributed by atoms with Crippen LogP contribution in [0.3, 0.4) is 0 Å². The van der Waals surface area contributed by atoms with Crippen molar-refractivity contribution in [3.05, 3.63) is 23.8 Å². The maximum atomic E-state index is 9.44. The number of rotatable bonds is 3. The van der Waals surface area contributed by atoms with Crippen molar-refractivity contribution in [2.45, 2.75) is 6.10 Å². The normalized spacial score (nSPS) is 12.5. The fraction of sp³-hybridized carbons (Fsp3) is 0.333. The number of aliphatic hydroxyl groups excluding tert-OH is 1. The van der Waals surface area contributed by atoms with Crippen LogP contribution in [-0.2, 0) is 0 Å². The number of halogens is 1. The first kappa shape index (κ1) is 10.2. The van der Waals surface area contributed by atoms with Gasteiger partial charge in [-0.1, -0.05) is 0 Å². The maximum Gasteiger partial charge on any atom is 0.128 e. The zero-order chi connectivity index (χ0) is 9.84. The molecule has 2 N–H and O–H groups in total. The molecule has 3 nitrogen and oxygen atoms in total. The summed E-state index contributed by atoms with van der Waals surface area (Å²) in [6, 6.07) is 4.50. The molecule has 0 aromatic heterocycles. The molecule has 4 heteroatoms. The summed E-state index contributed by atoms with van der Waals surface area (Å²) >= 11 is 5.49. The molecule has 13 heavy (non-hydrogen) atoms. The van der Waals surface area contributed by atoms with E-state index in [4.69, 9.17) is 21.4 Å². The van der Waals surface area contributed by atoms with E-state index >= 15 is 0 Å². The van der Waals surface area contributed by atoms with Gasteiger partial charge >= 0.3 is 0 Å². The standard InChI is InChI=1S/C9H11ClO3/c1-13-9-4-6(11)2-3-7(9)8(12)5-10/h2-4,8,11-12H,5H2,1H3. The van der Waals surface area contributed by atoms with Gasteiger partial charge in [0.15, 0.2) is 0 Å². The summed E-state index contributed by atoms with van der Waals surface area (Å²) in [5, 5.41) is 18.6. The van der Waals surface area contributed by atoms with Crippen LogP contribution in [0.1, 0.15) is 11.7 Å². The van der Waals surface area contributed by atoms with E-state index < -0.39 is 6.10 Å². The van der Waals surface area contributed by atoms with Gasteiger partial charge in [0.05, 0.1) is 19.1 Å². The Balaban J connectivity index is 3.05. The van der Waals surface area contributed by atoms with Gasteiger partial charge in [-0.25, -0.2) is 0 Å². The monoisotopic (exact) mass is 202 g/mol. The highest BCUT2D eigenvalue weighted by Gasteiger charge is 2.12. The summed E-state index contributed by atoms with van der Waals surface area (Å²) < 4.78 is 4.97. The molecule has 0 radical (unpaired) electrons. The number of hydrogen-bond donors (Lipinski definition) is 2. The minimum atomic E-state index is -0.766. The van der Waals surface area contributed by atoms with Crippen LogP contribution in [0.15, 0.2) is 18.2 Å². The number of benzene rings is 1. The molecule has 0 aliphatic carbocycles. The molecule has 1 aromatic carbocycles. The van der Waals surface area contributed by atoms with Crippen LogP contribution < -0.4 is 4.74 Å². The fourth-order valence-electron chi connectivity index (χ4n) is 1.06. The Kier molecular flexibility index (Phi) is 3.39. The summed E-state index contributed by atoms with van der Waals surface area (Å²) in [6.45, 7) is 0. The fourth-order valence-corrected chi connectivity index (χ4v) is 1.22. The topological polar surface area (TPSA) is 49.7 Å². The van der Waals surface area contributed by atoms with Crippen molar-refractivity contribution in [1.82, 2.24) is 0 Å². The van der Waals surface area contributed by atoms with E-state index in [1.807, 2.05) is 0 Å². The molecular formula is C9H11ClO3. The number of phenols is 1. The average Bonchev–Trinajstić information content (AvgIpc) is 2.16. The molecule has 1 aromatic rings. The summed E-state index contributed by atoms with van der Waals surface area (Å²) in [4.78, 5) is 0. The van der Waals surface area contributed by atoms with Gasteiger partial charge in [0.25, 0.3) is 0 Å². The van der Waals surface area contributed by atoms with E-state index in [0.717, 1.165) is 0 Å². The molecule has 0 aliphatic heterocycles. The first-order valence-electron chi connectivity index (χ1n) is 3.80. The third-order valence-corrected chi connectivity index (χ3v) is 2.01. The number of phenolic OH excluding ortho intramolecular Hbond substituents is 1. The number of ether oxygens (including phenoxy) is 1. The molecule has 72 valence electrons. The van der Waals surface area contributed by atoms with E-state index in [2.05, 4.69) is 0 Å². The third-order valence-electron chi connectivity index (χ3n) is 1.72. The Labute approximate surface area is 81.5 Å². The quantitative estimate of drug-likeness (QED) is 0.734. The summed E-state index contributed by atoms with van der Waals surface area (Å²) in [5.74, 6) is 0.636. The zero-order valence-corrected chi connectivity index (χ0v) is 7.95. The Morgan fingerprint density at radius 2 is 2.23 bits per heavy atom. The number of aromatic hydroxyl groups is 1. The van der Waals surface area contributed by atoms with Crippen molar-refractivity contribution in [3.63, 3.8) is 0 Å². The van der Waals surface area contributed by atoms with Crippen molar-refractivity contribution in [2.75, 3.05) is 13.0 Å². The molecule has 0 spiro atoms. The largest absolute Gasteiger partial charge is 0.508 e. The van der Waals surface area contributed by atoms with Crippen molar-refractivity contribution >= 4 is 11.6 Å². The smallest absolute Gasteiger partial charge is 0.128 e. The Bertz CT molecular complexity index is 288. The van der Waals surface area contributed by atoms with Crippen LogP contribution in [0.4, 0.5) is 0 Å². The first-order valence-corrected chi connectivity index (χ1v) is 4.33. The lowest BCUT2D eigenvalue weighted by atomic mass is 10.1. The summed E-state index contributed by atoms with van der Waals surface area (Å²) in [7, 11) is 1.47. The molecule has 1 atom stereocenters. The highest BCUT2D eigenvalue weighted by atomic mass is 35.5. The van der Waals surface area contributed by atoms with Gasteiger partial charge in [-0.2, -0.15) is 0 Å². The van der Waals surface area contributed by atoms with Crippen LogP contribution in [0.25, 0.3) is 0 Å². The zero-order valence-electron chi connectivity index (χ0n) is 7.20. The lowest BCUT2D eigenvalue weighted by molar-refractivity contribution is 0.197. The molecule has 0 heterocycles. The second-order valence-electron chi connectivity index (χ2n) is 2.60. The Morgan fingerprint density at radius 1 is 1.54 bits per heavy atom. The second kappa shape index (κ2) is 4.35. The minimum absolute atomic E-state index is 0.0983. The number of aliphatic hydroxyl groups is 1. The maximum absolute atomic E-state index is 9.44. The number of methoxy groups -OCH3 is 1. The highest BCUT2D eigenvalue weighted by molar-refractivity contribution is 6.18. The molecule has 1 unspecified atom stereocenters. The predicted molar refractivity (Wildman–Crippen MR) is 50.3 cm³/mol. The SMILES string of the molecule is COc1cc(O)ccc1C(O)CCl.